The Bertz CT molecular complexity index is 912. The number of hydrogen-bond acceptors (Lipinski definition) is 3. The number of carbonyl (C=O) groups is 2. The van der Waals surface area contributed by atoms with Crippen molar-refractivity contribution >= 4 is 46.6 Å². The van der Waals surface area contributed by atoms with Crippen molar-refractivity contribution in [3.05, 3.63) is 63.1 Å². The van der Waals surface area contributed by atoms with E-state index in [1.165, 1.54) is 4.90 Å². The van der Waals surface area contributed by atoms with Crippen LogP contribution in [0.5, 0.6) is 5.75 Å². The molecule has 0 spiro atoms. The van der Waals surface area contributed by atoms with Gasteiger partial charge in [-0.2, -0.15) is 0 Å². The molecule has 2 aromatic rings. The standard InChI is InChI=1S/C23H25Cl3N2O3/c1-15(23(30)27-16-7-2-3-8-16)28(13-17-18(24)10-6-11-19(17)25)22(29)14-31-21-12-5-4-9-20(21)26/h4-6,9-12,15-16H,2-3,7-8,13-14H2,1H3,(H,27,30). The van der Waals surface area contributed by atoms with Gasteiger partial charge in [-0.3, -0.25) is 9.59 Å². The largest absolute Gasteiger partial charge is 0.482 e. The van der Waals surface area contributed by atoms with E-state index in [9.17, 15) is 9.59 Å². The van der Waals surface area contributed by atoms with E-state index >= 15 is 0 Å². The van der Waals surface area contributed by atoms with Crippen LogP contribution in [-0.2, 0) is 16.1 Å². The predicted octanol–water partition coefficient (Wildman–Crippen LogP) is 5.50. The number of halogens is 3. The molecule has 1 atom stereocenters. The normalized spacial score (nSPS) is 14.8. The fraction of sp³-hybridized carbons (Fsp3) is 0.391. The average molecular weight is 484 g/mol. The van der Waals surface area contributed by atoms with E-state index in [0.717, 1.165) is 25.7 Å². The lowest BCUT2D eigenvalue weighted by Crippen LogP contribution is -2.50. The summed E-state index contributed by atoms with van der Waals surface area (Å²) in [5, 5.41) is 4.32. The fourth-order valence-corrected chi connectivity index (χ4v) is 4.32. The topological polar surface area (TPSA) is 58.6 Å². The molecular weight excluding hydrogens is 459 g/mol. The third kappa shape index (κ3) is 6.28. The van der Waals surface area contributed by atoms with Crippen LogP contribution in [-0.4, -0.2) is 35.4 Å². The van der Waals surface area contributed by atoms with Crippen molar-refractivity contribution in [2.75, 3.05) is 6.61 Å². The molecule has 5 nitrogen and oxygen atoms in total. The van der Waals surface area contributed by atoms with Gasteiger partial charge in [0.05, 0.1) is 5.02 Å². The summed E-state index contributed by atoms with van der Waals surface area (Å²) in [4.78, 5) is 27.5. The minimum Gasteiger partial charge on any atom is -0.482 e. The molecule has 0 saturated heterocycles. The number of carbonyl (C=O) groups excluding carboxylic acids is 2. The Morgan fingerprint density at radius 2 is 1.65 bits per heavy atom. The van der Waals surface area contributed by atoms with Crippen molar-refractivity contribution in [3.63, 3.8) is 0 Å². The first kappa shape index (κ1) is 23.7. The molecule has 0 aliphatic heterocycles. The van der Waals surface area contributed by atoms with Gasteiger partial charge < -0.3 is 15.0 Å². The molecule has 0 bridgehead atoms. The number of ether oxygens (including phenoxy) is 1. The molecule has 0 radical (unpaired) electrons. The molecule has 1 aliphatic carbocycles. The molecule has 1 N–H and O–H groups in total. The highest BCUT2D eigenvalue weighted by atomic mass is 35.5. The number of hydrogen-bond donors (Lipinski definition) is 1. The maximum absolute atomic E-state index is 13.1. The molecule has 1 saturated carbocycles. The summed E-state index contributed by atoms with van der Waals surface area (Å²) in [7, 11) is 0. The lowest BCUT2D eigenvalue weighted by atomic mass is 10.1. The summed E-state index contributed by atoms with van der Waals surface area (Å²) in [6, 6.07) is 11.5. The van der Waals surface area contributed by atoms with E-state index < -0.39 is 6.04 Å². The Kier molecular flexibility index (Phi) is 8.47. The maximum Gasteiger partial charge on any atom is 0.261 e. The zero-order chi connectivity index (χ0) is 22.4. The van der Waals surface area contributed by atoms with Crippen molar-refractivity contribution in [2.24, 2.45) is 0 Å². The highest BCUT2D eigenvalue weighted by molar-refractivity contribution is 6.36. The number of amides is 2. The molecule has 2 aromatic carbocycles. The number of nitrogens with zero attached hydrogens (tertiary/aromatic N) is 1. The molecule has 3 rings (SSSR count). The smallest absolute Gasteiger partial charge is 0.261 e. The van der Waals surface area contributed by atoms with Crippen molar-refractivity contribution < 1.29 is 14.3 Å². The third-order valence-corrected chi connectivity index (χ3v) is 6.47. The van der Waals surface area contributed by atoms with Gasteiger partial charge in [0.15, 0.2) is 6.61 Å². The lowest BCUT2D eigenvalue weighted by molar-refractivity contribution is -0.142. The van der Waals surface area contributed by atoms with E-state index in [2.05, 4.69) is 5.32 Å². The van der Waals surface area contributed by atoms with Crippen molar-refractivity contribution in [1.29, 1.82) is 0 Å². The van der Waals surface area contributed by atoms with Gasteiger partial charge >= 0.3 is 0 Å². The molecule has 0 aromatic heterocycles. The van der Waals surface area contributed by atoms with Crippen molar-refractivity contribution in [3.8, 4) is 5.75 Å². The highest BCUT2D eigenvalue weighted by Gasteiger charge is 2.29. The van der Waals surface area contributed by atoms with Crippen LogP contribution < -0.4 is 10.1 Å². The molecule has 0 heterocycles. The Morgan fingerprint density at radius 1 is 1.03 bits per heavy atom. The van der Waals surface area contributed by atoms with Crippen molar-refractivity contribution in [2.45, 2.75) is 51.2 Å². The van der Waals surface area contributed by atoms with E-state index in [4.69, 9.17) is 39.5 Å². The molecule has 2 amide bonds. The molecule has 1 unspecified atom stereocenters. The lowest BCUT2D eigenvalue weighted by Gasteiger charge is -2.30. The molecule has 8 heteroatoms. The van der Waals surface area contributed by atoms with Crippen molar-refractivity contribution in [1.82, 2.24) is 10.2 Å². The van der Waals surface area contributed by atoms with Gasteiger partial charge in [-0.25, -0.2) is 0 Å². The maximum atomic E-state index is 13.1. The second kappa shape index (κ2) is 11.1. The summed E-state index contributed by atoms with van der Waals surface area (Å²) in [5.41, 5.74) is 0.581. The van der Waals surface area contributed by atoms with E-state index in [1.54, 1.807) is 49.4 Å². The number of para-hydroxylation sites is 1. The minimum absolute atomic E-state index is 0.0858. The second-order valence-corrected chi connectivity index (χ2v) is 8.83. The third-order valence-electron chi connectivity index (χ3n) is 5.45. The number of benzene rings is 2. The molecule has 1 aliphatic rings. The number of rotatable bonds is 8. The predicted molar refractivity (Wildman–Crippen MR) is 124 cm³/mol. The first-order chi connectivity index (χ1) is 14.9. The summed E-state index contributed by atoms with van der Waals surface area (Å²) >= 11 is 18.8. The van der Waals surface area contributed by atoms with Gasteiger partial charge in [0.1, 0.15) is 11.8 Å². The van der Waals surface area contributed by atoms with E-state index in [0.29, 0.717) is 26.4 Å². The second-order valence-electron chi connectivity index (χ2n) is 7.61. The Hall–Kier alpha value is -1.95. The summed E-state index contributed by atoms with van der Waals surface area (Å²) < 4.78 is 5.62. The van der Waals surface area contributed by atoms with Crippen LogP contribution >= 0.6 is 34.8 Å². The van der Waals surface area contributed by atoms with Crippen LogP contribution in [0.3, 0.4) is 0 Å². The van der Waals surface area contributed by atoms with Crippen LogP contribution in [0.2, 0.25) is 15.1 Å². The van der Waals surface area contributed by atoms with E-state index in [1.807, 2.05) is 0 Å². The van der Waals surface area contributed by atoms with Crippen LogP contribution in [0.15, 0.2) is 42.5 Å². The highest BCUT2D eigenvalue weighted by Crippen LogP contribution is 2.27. The zero-order valence-corrected chi connectivity index (χ0v) is 19.5. The fourth-order valence-electron chi connectivity index (χ4n) is 3.61. The quantitative estimate of drug-likeness (QED) is 0.539. The van der Waals surface area contributed by atoms with Gasteiger partial charge in [0.2, 0.25) is 5.91 Å². The molecule has 1 fully saturated rings. The average Bonchev–Trinajstić information content (AvgIpc) is 3.25. The van der Waals surface area contributed by atoms with E-state index in [-0.39, 0.29) is 31.0 Å². The summed E-state index contributed by atoms with van der Waals surface area (Å²) in [6.45, 7) is 1.51. The Morgan fingerprint density at radius 3 is 2.29 bits per heavy atom. The van der Waals surface area contributed by atoms with Gasteiger partial charge in [-0.15, -0.1) is 0 Å². The monoisotopic (exact) mass is 482 g/mol. The Labute approximate surface area is 197 Å². The first-order valence-electron chi connectivity index (χ1n) is 10.3. The minimum atomic E-state index is -0.727. The Balaban J connectivity index is 1.77. The molecule has 31 heavy (non-hydrogen) atoms. The van der Waals surface area contributed by atoms with Crippen LogP contribution in [0, 0.1) is 0 Å². The SMILES string of the molecule is CC(C(=O)NC1CCCC1)N(Cc1c(Cl)cccc1Cl)C(=O)COc1ccccc1Cl. The molecular formula is C23H25Cl3N2O3. The van der Waals surface area contributed by atoms with Gasteiger partial charge in [-0.1, -0.05) is 65.8 Å². The van der Waals surface area contributed by atoms with Crippen LogP contribution in [0.25, 0.3) is 0 Å². The zero-order valence-electron chi connectivity index (χ0n) is 17.2. The first-order valence-corrected chi connectivity index (χ1v) is 11.4. The van der Waals surface area contributed by atoms with Gasteiger partial charge in [0.25, 0.3) is 5.91 Å². The van der Waals surface area contributed by atoms with Gasteiger partial charge in [0, 0.05) is 28.2 Å². The molecule has 166 valence electrons. The summed E-state index contributed by atoms with van der Waals surface area (Å²) in [6.07, 6.45) is 4.11. The summed E-state index contributed by atoms with van der Waals surface area (Å²) in [5.74, 6) is -0.178. The van der Waals surface area contributed by atoms with Crippen LogP contribution in [0.1, 0.15) is 38.2 Å². The number of nitrogens with one attached hydrogen (secondary N) is 1. The van der Waals surface area contributed by atoms with Gasteiger partial charge in [-0.05, 0) is 44.0 Å². The van der Waals surface area contributed by atoms with Crippen LogP contribution in [0.4, 0.5) is 0 Å².